The molecule has 0 radical (unpaired) electrons. The first-order valence-corrected chi connectivity index (χ1v) is 10.7. The molecule has 0 bridgehead atoms. The van der Waals surface area contributed by atoms with E-state index in [2.05, 4.69) is 19.8 Å². The first-order chi connectivity index (χ1) is 15.9. The second-order valence-electron chi connectivity index (χ2n) is 8.14. The van der Waals surface area contributed by atoms with Crippen molar-refractivity contribution in [2.45, 2.75) is 12.2 Å². The standard InChI is InChI=1S/C23H22F3N5O2/c24-23(25,26)20-19(28-21(33-20)16-6-2-1-3-7-16)22(32)31-14-17(15-31)29-10-12-30(13-11-29)18-8-4-5-9-27-18/h1-9,17H,10-15H2. The molecule has 7 nitrogen and oxygen atoms in total. The monoisotopic (exact) mass is 457 g/mol. The number of hydrogen-bond acceptors (Lipinski definition) is 6. The third-order valence-corrected chi connectivity index (χ3v) is 6.06. The normalized spacial score (nSPS) is 17.8. The number of rotatable bonds is 4. The number of alkyl halides is 3. The SMILES string of the molecule is O=C(c1nc(-c2ccccc2)oc1C(F)(F)F)N1CC(N2CCN(c3ccccn3)CC2)C1. The average Bonchev–Trinajstić information content (AvgIpc) is 3.26. The van der Waals surface area contributed by atoms with Gasteiger partial charge < -0.3 is 14.2 Å². The Bertz CT molecular complexity index is 1110. The molecule has 2 aromatic heterocycles. The second kappa shape index (κ2) is 8.51. The number of aromatic nitrogens is 2. The number of pyridine rings is 1. The number of piperazine rings is 1. The van der Waals surface area contributed by atoms with E-state index in [0.29, 0.717) is 18.7 Å². The third kappa shape index (κ3) is 4.30. The number of amides is 1. The van der Waals surface area contributed by atoms with E-state index in [1.807, 2.05) is 18.2 Å². The molecule has 0 N–H and O–H groups in total. The van der Waals surface area contributed by atoms with Gasteiger partial charge in [-0.25, -0.2) is 9.97 Å². The van der Waals surface area contributed by atoms with Gasteiger partial charge in [0, 0.05) is 57.1 Å². The smallest absolute Gasteiger partial charge is 0.431 e. The Morgan fingerprint density at radius 3 is 2.30 bits per heavy atom. The summed E-state index contributed by atoms with van der Waals surface area (Å²) >= 11 is 0. The molecule has 2 fully saturated rings. The van der Waals surface area contributed by atoms with Crippen molar-refractivity contribution >= 4 is 11.7 Å². The molecular formula is C23H22F3N5O2. The summed E-state index contributed by atoms with van der Waals surface area (Å²) in [6.45, 7) is 3.96. The van der Waals surface area contributed by atoms with Crippen molar-refractivity contribution in [2.75, 3.05) is 44.2 Å². The van der Waals surface area contributed by atoms with E-state index in [1.54, 1.807) is 36.5 Å². The molecule has 4 heterocycles. The van der Waals surface area contributed by atoms with E-state index < -0.39 is 23.5 Å². The van der Waals surface area contributed by atoms with Gasteiger partial charge in [-0.2, -0.15) is 13.2 Å². The molecule has 0 saturated carbocycles. The summed E-state index contributed by atoms with van der Waals surface area (Å²) in [6, 6.07) is 14.2. The Morgan fingerprint density at radius 2 is 1.67 bits per heavy atom. The van der Waals surface area contributed by atoms with Gasteiger partial charge in [-0.3, -0.25) is 9.69 Å². The minimum atomic E-state index is -4.81. The fourth-order valence-corrected chi connectivity index (χ4v) is 4.22. The van der Waals surface area contributed by atoms with Crippen molar-refractivity contribution in [1.82, 2.24) is 19.8 Å². The summed E-state index contributed by atoms with van der Waals surface area (Å²) in [5.74, 6) is -1.38. The quantitative estimate of drug-likeness (QED) is 0.599. The Hall–Kier alpha value is -3.40. The molecule has 10 heteroatoms. The van der Waals surface area contributed by atoms with Gasteiger partial charge >= 0.3 is 6.18 Å². The fraction of sp³-hybridized carbons (Fsp3) is 0.348. The molecule has 2 saturated heterocycles. The van der Waals surface area contributed by atoms with Crippen LogP contribution in [0.4, 0.5) is 19.0 Å². The molecule has 0 unspecified atom stereocenters. The molecule has 2 aliphatic heterocycles. The Labute approximate surface area is 188 Å². The third-order valence-electron chi connectivity index (χ3n) is 6.06. The topological polar surface area (TPSA) is 65.7 Å². The molecular weight excluding hydrogens is 435 g/mol. The number of hydrogen-bond donors (Lipinski definition) is 0. The molecule has 0 spiro atoms. The Balaban J connectivity index is 1.23. The van der Waals surface area contributed by atoms with Gasteiger partial charge in [-0.05, 0) is 24.3 Å². The lowest BCUT2D eigenvalue weighted by molar-refractivity contribution is -0.153. The number of oxazole rings is 1. The number of carbonyl (C=O) groups is 1. The zero-order chi connectivity index (χ0) is 23.0. The Kier molecular flexibility index (Phi) is 5.53. The van der Waals surface area contributed by atoms with Gasteiger partial charge in [0.05, 0.1) is 0 Å². The van der Waals surface area contributed by atoms with Crippen LogP contribution in [-0.4, -0.2) is 71.0 Å². The second-order valence-corrected chi connectivity index (χ2v) is 8.14. The highest BCUT2D eigenvalue weighted by Crippen LogP contribution is 2.36. The molecule has 172 valence electrons. The van der Waals surface area contributed by atoms with Gasteiger partial charge in [-0.15, -0.1) is 0 Å². The highest BCUT2D eigenvalue weighted by atomic mass is 19.4. The maximum absolute atomic E-state index is 13.5. The minimum Gasteiger partial charge on any atom is -0.431 e. The first kappa shape index (κ1) is 21.4. The van der Waals surface area contributed by atoms with E-state index in [0.717, 1.165) is 32.0 Å². The van der Waals surface area contributed by atoms with E-state index in [1.165, 1.54) is 4.90 Å². The zero-order valence-corrected chi connectivity index (χ0v) is 17.7. The van der Waals surface area contributed by atoms with Crippen LogP contribution in [0.3, 0.4) is 0 Å². The lowest BCUT2D eigenvalue weighted by Crippen LogP contribution is -2.64. The van der Waals surface area contributed by atoms with Crippen molar-refractivity contribution in [3.05, 3.63) is 66.2 Å². The predicted molar refractivity (Wildman–Crippen MR) is 115 cm³/mol. The fourth-order valence-electron chi connectivity index (χ4n) is 4.22. The van der Waals surface area contributed by atoms with Crippen LogP contribution in [-0.2, 0) is 6.18 Å². The lowest BCUT2D eigenvalue weighted by atomic mass is 10.0. The van der Waals surface area contributed by atoms with Crippen molar-refractivity contribution in [2.24, 2.45) is 0 Å². The van der Waals surface area contributed by atoms with Crippen LogP contribution in [0.25, 0.3) is 11.5 Å². The maximum atomic E-state index is 13.5. The zero-order valence-electron chi connectivity index (χ0n) is 17.7. The average molecular weight is 457 g/mol. The van der Waals surface area contributed by atoms with Gasteiger partial charge in [0.1, 0.15) is 5.82 Å². The van der Waals surface area contributed by atoms with Crippen LogP contribution >= 0.6 is 0 Å². The molecule has 2 aliphatic rings. The van der Waals surface area contributed by atoms with Gasteiger partial charge in [0.2, 0.25) is 11.7 Å². The minimum absolute atomic E-state index is 0.120. The first-order valence-electron chi connectivity index (χ1n) is 10.7. The molecule has 1 aromatic carbocycles. The number of nitrogens with zero attached hydrogens (tertiary/aromatic N) is 5. The summed E-state index contributed by atoms with van der Waals surface area (Å²) in [5, 5.41) is 0. The van der Waals surface area contributed by atoms with Crippen LogP contribution in [0, 0.1) is 0 Å². The number of carbonyl (C=O) groups excluding carboxylic acids is 1. The van der Waals surface area contributed by atoms with Gasteiger partial charge in [0.15, 0.2) is 5.69 Å². The van der Waals surface area contributed by atoms with Crippen LogP contribution in [0.1, 0.15) is 16.2 Å². The maximum Gasteiger partial charge on any atom is 0.452 e. The summed E-state index contributed by atoms with van der Waals surface area (Å²) in [7, 11) is 0. The van der Waals surface area contributed by atoms with Crippen LogP contribution in [0.15, 0.2) is 59.1 Å². The highest BCUT2D eigenvalue weighted by Gasteiger charge is 2.45. The molecule has 0 atom stereocenters. The summed E-state index contributed by atoms with van der Waals surface area (Å²) in [5.41, 5.74) is -0.297. The van der Waals surface area contributed by atoms with Gasteiger partial charge in [0.25, 0.3) is 5.91 Å². The number of benzene rings is 1. The van der Waals surface area contributed by atoms with Crippen molar-refractivity contribution < 1.29 is 22.4 Å². The predicted octanol–water partition coefficient (Wildman–Crippen LogP) is 3.40. The van der Waals surface area contributed by atoms with Crippen LogP contribution in [0.5, 0.6) is 0 Å². The van der Waals surface area contributed by atoms with Crippen molar-refractivity contribution in [3.8, 4) is 11.5 Å². The molecule has 1 amide bonds. The van der Waals surface area contributed by atoms with Crippen LogP contribution < -0.4 is 4.90 Å². The van der Waals surface area contributed by atoms with E-state index in [4.69, 9.17) is 4.42 Å². The van der Waals surface area contributed by atoms with Crippen molar-refractivity contribution in [1.29, 1.82) is 0 Å². The number of anilines is 1. The number of halogens is 3. The molecule has 3 aromatic rings. The van der Waals surface area contributed by atoms with Crippen molar-refractivity contribution in [3.63, 3.8) is 0 Å². The van der Waals surface area contributed by atoms with E-state index in [-0.39, 0.29) is 11.9 Å². The summed E-state index contributed by atoms with van der Waals surface area (Å²) in [4.78, 5) is 27.0. The Morgan fingerprint density at radius 1 is 0.970 bits per heavy atom. The lowest BCUT2D eigenvalue weighted by Gasteiger charge is -2.48. The largest absolute Gasteiger partial charge is 0.452 e. The molecule has 5 rings (SSSR count). The van der Waals surface area contributed by atoms with E-state index in [9.17, 15) is 18.0 Å². The summed E-state index contributed by atoms with van der Waals surface area (Å²) < 4.78 is 45.6. The highest BCUT2D eigenvalue weighted by molar-refractivity contribution is 5.94. The van der Waals surface area contributed by atoms with Crippen LogP contribution in [0.2, 0.25) is 0 Å². The number of likely N-dealkylation sites (tertiary alicyclic amines) is 1. The van der Waals surface area contributed by atoms with Gasteiger partial charge in [-0.1, -0.05) is 24.3 Å². The molecule has 0 aliphatic carbocycles. The van der Waals surface area contributed by atoms with E-state index >= 15 is 0 Å². The molecule has 33 heavy (non-hydrogen) atoms. The summed E-state index contributed by atoms with van der Waals surface area (Å²) in [6.07, 6.45) is -3.05.